The summed E-state index contributed by atoms with van der Waals surface area (Å²) in [7, 11) is 0. The van der Waals surface area contributed by atoms with Crippen LogP contribution in [0.3, 0.4) is 0 Å². The molecule has 0 radical (unpaired) electrons. The molecule has 0 spiro atoms. The van der Waals surface area contributed by atoms with E-state index in [1.165, 1.54) is 0 Å². The van der Waals surface area contributed by atoms with Gasteiger partial charge < -0.3 is 10.1 Å². The van der Waals surface area contributed by atoms with Crippen LogP contribution in [0.2, 0.25) is 5.02 Å². The Balaban J connectivity index is 1.68. The Bertz CT molecular complexity index is 721. The van der Waals surface area contributed by atoms with E-state index in [-0.39, 0.29) is 6.10 Å². The van der Waals surface area contributed by atoms with E-state index in [0.29, 0.717) is 12.1 Å². The molecule has 106 valence electrons. The molecule has 2 aromatic carbocycles. The summed E-state index contributed by atoms with van der Waals surface area (Å²) in [5.74, 6) is 0.899. The summed E-state index contributed by atoms with van der Waals surface area (Å²) in [5.41, 5.74) is 3.66. The van der Waals surface area contributed by atoms with Gasteiger partial charge in [-0.1, -0.05) is 23.7 Å². The third kappa shape index (κ3) is 2.81. The summed E-state index contributed by atoms with van der Waals surface area (Å²) >= 11 is 5.99. The van der Waals surface area contributed by atoms with Gasteiger partial charge in [-0.3, -0.25) is 0 Å². The lowest BCUT2D eigenvalue weighted by Gasteiger charge is -2.14. The summed E-state index contributed by atoms with van der Waals surface area (Å²) in [6.45, 7) is 2.60. The second kappa shape index (κ2) is 5.67. The monoisotopic (exact) mass is 298 g/mol. The number of halogens is 1. The molecule has 3 rings (SSSR count). The molecule has 0 fully saturated rings. The van der Waals surface area contributed by atoms with Crippen LogP contribution in [0, 0.1) is 18.3 Å². The predicted octanol–water partition coefficient (Wildman–Crippen LogP) is 3.94. The highest BCUT2D eigenvalue weighted by atomic mass is 35.5. The smallest absolute Gasteiger partial charge is 0.123 e. The van der Waals surface area contributed by atoms with Crippen LogP contribution in [0.15, 0.2) is 36.4 Å². The number of nitrogens with zero attached hydrogens (tertiary/aromatic N) is 1. The van der Waals surface area contributed by atoms with Gasteiger partial charge in [0.1, 0.15) is 17.9 Å². The number of rotatable bonds is 3. The Morgan fingerprint density at radius 3 is 3.05 bits per heavy atom. The van der Waals surface area contributed by atoms with Crippen LogP contribution < -0.4 is 10.1 Å². The van der Waals surface area contributed by atoms with Crippen LogP contribution in [-0.4, -0.2) is 12.6 Å². The molecule has 1 aliphatic rings. The number of benzene rings is 2. The van der Waals surface area contributed by atoms with E-state index in [1.54, 1.807) is 0 Å². The van der Waals surface area contributed by atoms with Crippen molar-refractivity contribution in [1.82, 2.24) is 0 Å². The fourth-order valence-electron chi connectivity index (χ4n) is 2.59. The number of ether oxygens (including phenoxy) is 1. The molecule has 21 heavy (non-hydrogen) atoms. The topological polar surface area (TPSA) is 45.0 Å². The Hall–Kier alpha value is -2.18. The van der Waals surface area contributed by atoms with Gasteiger partial charge in [-0.05, 0) is 42.3 Å². The number of hydrogen-bond donors (Lipinski definition) is 1. The van der Waals surface area contributed by atoms with E-state index in [2.05, 4.69) is 11.4 Å². The molecule has 0 aliphatic carbocycles. The van der Waals surface area contributed by atoms with Crippen molar-refractivity contribution in [1.29, 1.82) is 5.26 Å². The van der Waals surface area contributed by atoms with E-state index < -0.39 is 0 Å². The third-order valence-electron chi connectivity index (χ3n) is 3.67. The number of hydrogen-bond acceptors (Lipinski definition) is 3. The zero-order valence-corrected chi connectivity index (χ0v) is 12.4. The maximum Gasteiger partial charge on any atom is 0.123 e. The summed E-state index contributed by atoms with van der Waals surface area (Å²) < 4.78 is 5.88. The van der Waals surface area contributed by atoms with Gasteiger partial charge in [0, 0.05) is 11.4 Å². The van der Waals surface area contributed by atoms with Crippen LogP contribution in [0.1, 0.15) is 16.7 Å². The molecule has 0 amide bonds. The van der Waals surface area contributed by atoms with Crippen molar-refractivity contribution in [3.8, 4) is 11.8 Å². The Labute approximate surface area is 129 Å². The minimum Gasteiger partial charge on any atom is -0.488 e. The summed E-state index contributed by atoms with van der Waals surface area (Å²) in [5, 5.41) is 13.3. The quantitative estimate of drug-likeness (QED) is 0.933. The van der Waals surface area contributed by atoms with Crippen molar-refractivity contribution < 1.29 is 4.74 Å². The Morgan fingerprint density at radius 2 is 2.24 bits per heavy atom. The highest BCUT2D eigenvalue weighted by Crippen LogP contribution is 2.31. The SMILES string of the molecule is Cc1cccc(NCC2Cc3cc(Cl)ccc3O2)c1C#N. The Kier molecular flexibility index (Phi) is 3.72. The predicted molar refractivity (Wildman–Crippen MR) is 84.0 cm³/mol. The first-order chi connectivity index (χ1) is 10.2. The molecule has 0 saturated carbocycles. The summed E-state index contributed by atoms with van der Waals surface area (Å²) in [6.07, 6.45) is 0.891. The standard InChI is InChI=1S/C17H15ClN2O/c1-11-3-2-4-16(15(11)9-19)20-10-14-8-12-7-13(18)5-6-17(12)21-14/h2-7,14,20H,8,10H2,1H3. The second-order valence-corrected chi connectivity index (χ2v) is 5.62. The molecular weight excluding hydrogens is 284 g/mol. The number of nitrogens with one attached hydrogen (secondary N) is 1. The number of aryl methyl sites for hydroxylation is 1. The van der Waals surface area contributed by atoms with Gasteiger partial charge in [-0.2, -0.15) is 5.26 Å². The first-order valence-electron chi connectivity index (χ1n) is 6.86. The highest BCUT2D eigenvalue weighted by Gasteiger charge is 2.23. The number of fused-ring (bicyclic) bond motifs is 1. The lowest BCUT2D eigenvalue weighted by molar-refractivity contribution is 0.246. The fourth-order valence-corrected chi connectivity index (χ4v) is 2.78. The Morgan fingerprint density at radius 1 is 1.38 bits per heavy atom. The molecule has 1 N–H and O–H groups in total. The average molecular weight is 299 g/mol. The number of nitriles is 1. The largest absolute Gasteiger partial charge is 0.488 e. The van der Waals surface area contributed by atoms with Crippen molar-refractivity contribution in [2.75, 3.05) is 11.9 Å². The molecule has 1 unspecified atom stereocenters. The molecule has 4 heteroatoms. The maximum atomic E-state index is 9.23. The van der Waals surface area contributed by atoms with E-state index in [0.717, 1.165) is 34.0 Å². The van der Waals surface area contributed by atoms with Gasteiger partial charge >= 0.3 is 0 Å². The van der Waals surface area contributed by atoms with Gasteiger partial charge in [-0.15, -0.1) is 0 Å². The van der Waals surface area contributed by atoms with Gasteiger partial charge in [0.25, 0.3) is 0 Å². The molecule has 1 heterocycles. The van der Waals surface area contributed by atoms with Gasteiger partial charge in [0.15, 0.2) is 0 Å². The van der Waals surface area contributed by atoms with Gasteiger partial charge in [0.05, 0.1) is 17.8 Å². The van der Waals surface area contributed by atoms with Crippen LogP contribution in [-0.2, 0) is 6.42 Å². The second-order valence-electron chi connectivity index (χ2n) is 5.19. The number of anilines is 1. The van der Waals surface area contributed by atoms with Gasteiger partial charge in [0.2, 0.25) is 0 Å². The third-order valence-corrected chi connectivity index (χ3v) is 3.90. The van der Waals surface area contributed by atoms with E-state index >= 15 is 0 Å². The van der Waals surface area contributed by atoms with Crippen molar-refractivity contribution in [3.63, 3.8) is 0 Å². The molecular formula is C17H15ClN2O. The molecule has 1 aliphatic heterocycles. The normalized spacial score (nSPS) is 16.0. The maximum absolute atomic E-state index is 9.23. The summed E-state index contributed by atoms with van der Waals surface area (Å²) in [4.78, 5) is 0. The van der Waals surface area contributed by atoms with Crippen LogP contribution in [0.25, 0.3) is 0 Å². The van der Waals surface area contributed by atoms with Crippen LogP contribution in [0.5, 0.6) is 5.75 Å². The van der Waals surface area contributed by atoms with Crippen LogP contribution in [0.4, 0.5) is 5.69 Å². The van der Waals surface area contributed by atoms with Crippen molar-refractivity contribution >= 4 is 17.3 Å². The lowest BCUT2D eigenvalue weighted by atomic mass is 10.1. The van der Waals surface area contributed by atoms with E-state index in [1.807, 2.05) is 43.3 Å². The molecule has 3 nitrogen and oxygen atoms in total. The average Bonchev–Trinajstić information content (AvgIpc) is 2.87. The van der Waals surface area contributed by atoms with Crippen molar-refractivity contribution in [2.24, 2.45) is 0 Å². The van der Waals surface area contributed by atoms with Crippen molar-refractivity contribution in [2.45, 2.75) is 19.4 Å². The molecule has 0 saturated heterocycles. The van der Waals surface area contributed by atoms with E-state index in [4.69, 9.17) is 16.3 Å². The van der Waals surface area contributed by atoms with E-state index in [9.17, 15) is 5.26 Å². The van der Waals surface area contributed by atoms with Gasteiger partial charge in [-0.25, -0.2) is 0 Å². The van der Waals surface area contributed by atoms with Crippen LogP contribution >= 0.6 is 11.6 Å². The lowest BCUT2D eigenvalue weighted by Crippen LogP contribution is -2.24. The molecule has 1 atom stereocenters. The highest BCUT2D eigenvalue weighted by molar-refractivity contribution is 6.30. The zero-order chi connectivity index (χ0) is 14.8. The minimum absolute atomic E-state index is 0.0607. The summed E-state index contributed by atoms with van der Waals surface area (Å²) in [6, 6.07) is 13.7. The molecule has 0 aromatic heterocycles. The fraction of sp³-hybridized carbons (Fsp3) is 0.235. The zero-order valence-electron chi connectivity index (χ0n) is 11.7. The molecule has 2 aromatic rings. The first kappa shape index (κ1) is 13.8. The first-order valence-corrected chi connectivity index (χ1v) is 7.24. The minimum atomic E-state index is 0.0607. The van der Waals surface area contributed by atoms with Crippen molar-refractivity contribution in [3.05, 3.63) is 58.1 Å². The molecule has 0 bridgehead atoms.